The average molecular weight is 293 g/mol. The molecule has 20 heavy (non-hydrogen) atoms. The third kappa shape index (κ3) is 4.44. The van der Waals surface area contributed by atoms with Crippen LogP contribution in [0.3, 0.4) is 0 Å². The van der Waals surface area contributed by atoms with Crippen LogP contribution in [0.4, 0.5) is 0 Å². The maximum atomic E-state index is 5.57. The lowest BCUT2D eigenvalue weighted by atomic mass is 10.2. The molecule has 110 valence electrons. The molecule has 0 saturated heterocycles. The van der Waals surface area contributed by atoms with Crippen LogP contribution < -0.4 is 5.32 Å². The second kappa shape index (κ2) is 7.02. The van der Waals surface area contributed by atoms with E-state index in [1.54, 1.807) is 17.6 Å². The van der Waals surface area contributed by atoms with Gasteiger partial charge < -0.3 is 9.73 Å². The van der Waals surface area contributed by atoms with E-state index in [9.17, 15) is 0 Å². The highest BCUT2D eigenvalue weighted by Crippen LogP contribution is 2.15. The molecule has 0 radical (unpaired) electrons. The number of nitrogens with zero attached hydrogens (tertiary/aromatic N) is 2. The van der Waals surface area contributed by atoms with E-state index in [0.717, 1.165) is 36.1 Å². The lowest BCUT2D eigenvalue weighted by Gasteiger charge is -2.15. The van der Waals surface area contributed by atoms with Crippen LogP contribution >= 0.6 is 11.3 Å². The van der Waals surface area contributed by atoms with Crippen molar-refractivity contribution in [2.24, 2.45) is 0 Å². The first kappa shape index (κ1) is 15.2. The molecule has 0 atom stereocenters. The summed E-state index contributed by atoms with van der Waals surface area (Å²) in [6, 6.07) is 2.52. The summed E-state index contributed by atoms with van der Waals surface area (Å²) < 4.78 is 5.57. The van der Waals surface area contributed by atoms with Crippen LogP contribution in [0.15, 0.2) is 22.1 Å². The molecule has 0 bridgehead atoms. The van der Waals surface area contributed by atoms with Crippen molar-refractivity contribution in [2.45, 2.75) is 46.4 Å². The summed E-state index contributed by atoms with van der Waals surface area (Å²) >= 11 is 1.70. The maximum absolute atomic E-state index is 5.57. The number of thiazole rings is 1. The van der Waals surface area contributed by atoms with E-state index in [4.69, 9.17) is 4.42 Å². The van der Waals surface area contributed by atoms with Crippen LogP contribution in [0, 0.1) is 6.92 Å². The zero-order valence-electron chi connectivity index (χ0n) is 12.6. The van der Waals surface area contributed by atoms with Crippen LogP contribution in [0.25, 0.3) is 0 Å². The Bertz CT molecular complexity index is 533. The molecule has 2 rings (SSSR count). The van der Waals surface area contributed by atoms with Crippen molar-refractivity contribution in [3.63, 3.8) is 0 Å². The molecule has 4 nitrogen and oxygen atoms in total. The first-order valence-electron chi connectivity index (χ1n) is 6.92. The molecule has 2 heterocycles. The van der Waals surface area contributed by atoms with Gasteiger partial charge in [0.15, 0.2) is 0 Å². The maximum Gasteiger partial charge on any atom is 0.122 e. The van der Waals surface area contributed by atoms with E-state index < -0.39 is 0 Å². The van der Waals surface area contributed by atoms with Gasteiger partial charge in [0.1, 0.15) is 5.76 Å². The van der Waals surface area contributed by atoms with Gasteiger partial charge in [0.05, 0.1) is 23.5 Å². The van der Waals surface area contributed by atoms with Crippen LogP contribution in [0.1, 0.15) is 35.9 Å². The van der Waals surface area contributed by atoms with Gasteiger partial charge in [-0.1, -0.05) is 13.8 Å². The Morgan fingerprint density at radius 1 is 1.40 bits per heavy atom. The first-order chi connectivity index (χ1) is 9.54. The molecular formula is C15H23N3OS. The summed E-state index contributed by atoms with van der Waals surface area (Å²) in [4.78, 5) is 6.77. The minimum atomic E-state index is 0.462. The normalized spacial score (nSPS) is 11.7. The fourth-order valence-corrected chi connectivity index (χ4v) is 2.67. The van der Waals surface area contributed by atoms with Gasteiger partial charge in [-0.2, -0.15) is 0 Å². The van der Waals surface area contributed by atoms with Crippen molar-refractivity contribution in [1.82, 2.24) is 15.2 Å². The summed E-state index contributed by atoms with van der Waals surface area (Å²) in [6.07, 6.45) is 1.77. The molecule has 2 aromatic heterocycles. The van der Waals surface area contributed by atoms with E-state index in [2.05, 4.69) is 47.5 Å². The van der Waals surface area contributed by atoms with Crippen molar-refractivity contribution in [3.05, 3.63) is 39.7 Å². The van der Waals surface area contributed by atoms with Crippen LogP contribution in [0.2, 0.25) is 0 Å². The Morgan fingerprint density at radius 2 is 2.20 bits per heavy atom. The molecular weight excluding hydrogens is 270 g/mol. The highest BCUT2D eigenvalue weighted by atomic mass is 32.1. The molecule has 0 aromatic carbocycles. The SMILES string of the molecule is Cc1nc(CN(C)Cc2ccoc2CNC(C)C)cs1. The standard InChI is InChI=1S/C15H23N3OS/c1-11(2)16-7-15-13(5-6-19-15)8-18(4)9-14-10-20-12(3)17-14/h5-6,10-11,16H,7-9H2,1-4H3. The van der Waals surface area contributed by atoms with Gasteiger partial charge in [0, 0.05) is 30.1 Å². The number of hydrogen-bond acceptors (Lipinski definition) is 5. The highest BCUT2D eigenvalue weighted by Gasteiger charge is 2.10. The minimum Gasteiger partial charge on any atom is -0.468 e. The van der Waals surface area contributed by atoms with E-state index in [1.807, 2.05) is 6.92 Å². The van der Waals surface area contributed by atoms with Gasteiger partial charge in [-0.05, 0) is 20.0 Å². The predicted molar refractivity (Wildman–Crippen MR) is 82.7 cm³/mol. The van der Waals surface area contributed by atoms with Gasteiger partial charge in [0.2, 0.25) is 0 Å². The quantitative estimate of drug-likeness (QED) is 0.851. The molecule has 1 N–H and O–H groups in total. The average Bonchev–Trinajstić information content (AvgIpc) is 2.96. The molecule has 0 unspecified atom stereocenters. The minimum absolute atomic E-state index is 0.462. The first-order valence-corrected chi connectivity index (χ1v) is 7.80. The van der Waals surface area contributed by atoms with Crippen molar-refractivity contribution >= 4 is 11.3 Å². The van der Waals surface area contributed by atoms with Crippen LogP contribution in [-0.4, -0.2) is 23.0 Å². The molecule has 5 heteroatoms. The molecule has 0 fully saturated rings. The zero-order valence-corrected chi connectivity index (χ0v) is 13.5. The van der Waals surface area contributed by atoms with Crippen molar-refractivity contribution in [2.75, 3.05) is 7.05 Å². The van der Waals surface area contributed by atoms with Crippen molar-refractivity contribution in [1.29, 1.82) is 0 Å². The Balaban J connectivity index is 1.90. The molecule has 0 aliphatic carbocycles. The third-order valence-corrected chi connectivity index (χ3v) is 3.87. The Labute approximate surface area is 124 Å². The number of nitrogens with one attached hydrogen (secondary N) is 1. The lowest BCUT2D eigenvalue weighted by Crippen LogP contribution is -2.23. The number of hydrogen-bond donors (Lipinski definition) is 1. The summed E-state index contributed by atoms with van der Waals surface area (Å²) in [5.74, 6) is 1.03. The van der Waals surface area contributed by atoms with Gasteiger partial charge in [-0.3, -0.25) is 4.90 Å². The number of aryl methyl sites for hydroxylation is 1. The van der Waals surface area contributed by atoms with E-state index in [0.29, 0.717) is 6.04 Å². The Morgan fingerprint density at radius 3 is 2.85 bits per heavy atom. The molecule has 0 amide bonds. The molecule has 0 aliphatic heterocycles. The summed E-state index contributed by atoms with van der Waals surface area (Å²) in [5, 5.41) is 6.64. The lowest BCUT2D eigenvalue weighted by molar-refractivity contribution is 0.311. The molecule has 0 saturated carbocycles. The third-order valence-electron chi connectivity index (χ3n) is 3.05. The summed E-state index contributed by atoms with van der Waals surface area (Å²) in [6.45, 7) is 8.84. The second-order valence-electron chi connectivity index (χ2n) is 5.43. The van der Waals surface area contributed by atoms with Gasteiger partial charge in [0.25, 0.3) is 0 Å². The fourth-order valence-electron chi connectivity index (χ4n) is 2.06. The van der Waals surface area contributed by atoms with Gasteiger partial charge in [-0.15, -0.1) is 11.3 Å². The van der Waals surface area contributed by atoms with Crippen LogP contribution in [0.5, 0.6) is 0 Å². The Hall–Kier alpha value is -1.17. The zero-order chi connectivity index (χ0) is 14.5. The Kier molecular flexibility index (Phi) is 5.34. The topological polar surface area (TPSA) is 41.3 Å². The van der Waals surface area contributed by atoms with E-state index in [1.165, 1.54) is 5.56 Å². The number of aromatic nitrogens is 1. The number of rotatable bonds is 7. The smallest absolute Gasteiger partial charge is 0.122 e. The number of furan rings is 1. The summed E-state index contributed by atoms with van der Waals surface area (Å²) in [5.41, 5.74) is 2.38. The van der Waals surface area contributed by atoms with Crippen molar-refractivity contribution < 1.29 is 4.42 Å². The molecule has 0 spiro atoms. The van der Waals surface area contributed by atoms with Crippen LogP contribution in [-0.2, 0) is 19.6 Å². The second-order valence-corrected chi connectivity index (χ2v) is 6.50. The molecule has 0 aliphatic rings. The van der Waals surface area contributed by atoms with Gasteiger partial charge >= 0.3 is 0 Å². The monoisotopic (exact) mass is 293 g/mol. The van der Waals surface area contributed by atoms with Crippen molar-refractivity contribution in [3.8, 4) is 0 Å². The highest BCUT2D eigenvalue weighted by molar-refractivity contribution is 7.09. The largest absolute Gasteiger partial charge is 0.468 e. The van der Waals surface area contributed by atoms with Gasteiger partial charge in [-0.25, -0.2) is 4.98 Å². The summed E-state index contributed by atoms with van der Waals surface area (Å²) in [7, 11) is 2.11. The van der Waals surface area contributed by atoms with E-state index in [-0.39, 0.29) is 0 Å². The predicted octanol–water partition coefficient (Wildman–Crippen LogP) is 3.17. The van der Waals surface area contributed by atoms with E-state index >= 15 is 0 Å². The fraction of sp³-hybridized carbons (Fsp3) is 0.533. The molecule has 2 aromatic rings.